The molecule has 3 aromatic rings. The number of rotatable bonds is 8. The van der Waals surface area contributed by atoms with Crippen LogP contribution in [0.2, 0.25) is 0 Å². The maximum absolute atomic E-state index is 14.6. The lowest BCUT2D eigenvalue weighted by Crippen LogP contribution is -2.13. The van der Waals surface area contributed by atoms with Gasteiger partial charge in [-0.1, -0.05) is 68.3 Å². The van der Waals surface area contributed by atoms with Crippen LogP contribution < -0.4 is 4.74 Å². The Labute approximate surface area is 186 Å². The van der Waals surface area contributed by atoms with Crippen LogP contribution in [0.15, 0.2) is 54.6 Å². The molecular weight excluding hydrogens is 383 g/mol. The van der Waals surface area contributed by atoms with E-state index in [1.54, 1.807) is 6.07 Å². The largest absolute Gasteiger partial charge is 0.491 e. The molecule has 0 aliphatic heterocycles. The van der Waals surface area contributed by atoms with E-state index in [0.29, 0.717) is 17.7 Å². The van der Waals surface area contributed by atoms with Gasteiger partial charge in [-0.15, -0.1) is 0 Å². The normalized spacial score (nSPS) is 18.9. The fourth-order valence-corrected chi connectivity index (χ4v) is 5.18. The van der Waals surface area contributed by atoms with Gasteiger partial charge in [-0.3, -0.25) is 0 Å². The molecule has 0 heterocycles. The lowest BCUT2D eigenvalue weighted by molar-refractivity contribution is 0.308. The highest BCUT2D eigenvalue weighted by molar-refractivity contribution is 5.85. The van der Waals surface area contributed by atoms with Gasteiger partial charge in [-0.05, 0) is 85.4 Å². The smallest absolute Gasteiger partial charge is 0.172 e. The highest BCUT2D eigenvalue weighted by Gasteiger charge is 2.21. The molecule has 31 heavy (non-hydrogen) atoms. The highest BCUT2D eigenvalue weighted by Crippen LogP contribution is 2.37. The summed E-state index contributed by atoms with van der Waals surface area (Å²) in [5, 5.41) is 1.57. The summed E-state index contributed by atoms with van der Waals surface area (Å²) >= 11 is 0. The van der Waals surface area contributed by atoms with E-state index in [1.807, 2.05) is 25.1 Å². The van der Waals surface area contributed by atoms with Gasteiger partial charge in [-0.2, -0.15) is 0 Å². The molecule has 0 aromatic heterocycles. The third kappa shape index (κ3) is 5.29. The molecule has 0 bridgehead atoms. The van der Waals surface area contributed by atoms with Gasteiger partial charge in [0.05, 0.1) is 6.61 Å². The Bertz CT molecular complexity index is 984. The SMILES string of the molecule is CCCC1CCC(c2ccc(CCc3ccc4c(F)c(OCC)ccc4c3)cc2)CC1. The fourth-order valence-electron chi connectivity index (χ4n) is 5.18. The third-order valence-electron chi connectivity index (χ3n) is 6.98. The quantitative estimate of drug-likeness (QED) is 0.358. The molecule has 0 radical (unpaired) electrons. The minimum atomic E-state index is -0.259. The molecule has 0 saturated heterocycles. The molecule has 4 rings (SSSR count). The summed E-state index contributed by atoms with van der Waals surface area (Å²) in [6.07, 6.45) is 10.2. The fraction of sp³-hybridized carbons (Fsp3) is 0.448. The van der Waals surface area contributed by atoms with Crippen LogP contribution in [0.3, 0.4) is 0 Å². The predicted octanol–water partition coefficient (Wildman–Crippen LogP) is 8.24. The first-order valence-corrected chi connectivity index (χ1v) is 12.1. The Hall–Kier alpha value is -2.35. The van der Waals surface area contributed by atoms with Crippen LogP contribution in [-0.2, 0) is 12.8 Å². The second kappa shape index (κ2) is 10.3. The van der Waals surface area contributed by atoms with Gasteiger partial charge < -0.3 is 4.74 Å². The second-order valence-electron chi connectivity index (χ2n) is 9.11. The van der Waals surface area contributed by atoms with Crippen molar-refractivity contribution in [1.82, 2.24) is 0 Å². The van der Waals surface area contributed by atoms with Crippen molar-refractivity contribution in [3.63, 3.8) is 0 Å². The van der Waals surface area contributed by atoms with Crippen molar-refractivity contribution >= 4 is 10.8 Å². The molecule has 1 saturated carbocycles. The maximum Gasteiger partial charge on any atom is 0.172 e. The molecule has 3 aromatic carbocycles. The average molecular weight is 419 g/mol. The Balaban J connectivity index is 1.36. The lowest BCUT2D eigenvalue weighted by Gasteiger charge is -2.28. The number of ether oxygens (including phenoxy) is 1. The van der Waals surface area contributed by atoms with Crippen LogP contribution in [-0.4, -0.2) is 6.61 Å². The minimum absolute atomic E-state index is 0.259. The number of fused-ring (bicyclic) bond motifs is 1. The summed E-state index contributed by atoms with van der Waals surface area (Å²) in [5.74, 6) is 1.78. The molecule has 2 heteroatoms. The van der Waals surface area contributed by atoms with Crippen LogP contribution in [0.25, 0.3) is 10.8 Å². The van der Waals surface area contributed by atoms with Gasteiger partial charge in [0.25, 0.3) is 0 Å². The van der Waals surface area contributed by atoms with E-state index >= 15 is 0 Å². The zero-order valence-corrected chi connectivity index (χ0v) is 19.0. The molecule has 0 amide bonds. The van der Waals surface area contributed by atoms with Crippen molar-refractivity contribution in [1.29, 1.82) is 0 Å². The summed E-state index contributed by atoms with van der Waals surface area (Å²) in [6.45, 7) is 4.65. The Morgan fingerprint density at radius 3 is 2.26 bits per heavy atom. The van der Waals surface area contributed by atoms with E-state index in [9.17, 15) is 4.39 Å². The molecule has 0 spiro atoms. The summed E-state index contributed by atoms with van der Waals surface area (Å²) in [6, 6.07) is 19.1. The Kier molecular flexibility index (Phi) is 7.27. The maximum atomic E-state index is 14.6. The number of halogens is 1. The molecule has 0 unspecified atom stereocenters. The van der Waals surface area contributed by atoms with Gasteiger partial charge in [0.1, 0.15) is 0 Å². The molecule has 1 aliphatic rings. The second-order valence-corrected chi connectivity index (χ2v) is 9.11. The zero-order chi connectivity index (χ0) is 21.6. The topological polar surface area (TPSA) is 9.23 Å². The van der Waals surface area contributed by atoms with Crippen LogP contribution in [0.1, 0.15) is 75.0 Å². The first-order valence-electron chi connectivity index (χ1n) is 12.1. The van der Waals surface area contributed by atoms with Crippen molar-refractivity contribution in [2.24, 2.45) is 5.92 Å². The van der Waals surface area contributed by atoms with Crippen LogP contribution >= 0.6 is 0 Å². The van der Waals surface area contributed by atoms with E-state index in [0.717, 1.165) is 30.1 Å². The Morgan fingerprint density at radius 1 is 0.839 bits per heavy atom. The molecule has 0 N–H and O–H groups in total. The first kappa shape index (κ1) is 21.9. The van der Waals surface area contributed by atoms with Gasteiger partial charge >= 0.3 is 0 Å². The van der Waals surface area contributed by atoms with E-state index in [-0.39, 0.29) is 5.82 Å². The summed E-state index contributed by atoms with van der Waals surface area (Å²) < 4.78 is 19.9. The van der Waals surface area contributed by atoms with Crippen LogP contribution in [0, 0.1) is 11.7 Å². The molecule has 0 atom stereocenters. The zero-order valence-electron chi connectivity index (χ0n) is 19.0. The minimum Gasteiger partial charge on any atom is -0.491 e. The lowest BCUT2D eigenvalue weighted by atomic mass is 9.77. The van der Waals surface area contributed by atoms with Gasteiger partial charge in [0.15, 0.2) is 11.6 Å². The molecule has 164 valence electrons. The van der Waals surface area contributed by atoms with E-state index in [4.69, 9.17) is 4.74 Å². The van der Waals surface area contributed by atoms with Crippen molar-refractivity contribution in [3.05, 3.63) is 77.1 Å². The monoisotopic (exact) mass is 418 g/mol. The standard InChI is InChI=1S/C29H35FO/c1-3-5-21-8-13-24(14-9-21)25-15-10-22(11-16-25)6-7-23-12-18-27-26(20-23)17-19-28(29(27)30)31-4-2/h10-12,15-21,24H,3-9,13-14H2,1-2H3. The van der Waals surface area contributed by atoms with Crippen molar-refractivity contribution in [3.8, 4) is 5.75 Å². The summed E-state index contributed by atoms with van der Waals surface area (Å²) in [5.41, 5.74) is 4.14. The molecule has 1 nitrogen and oxygen atoms in total. The molecule has 1 aliphatic carbocycles. The van der Waals surface area contributed by atoms with Crippen LogP contribution in [0.5, 0.6) is 5.75 Å². The first-order chi connectivity index (χ1) is 15.2. The number of hydrogen-bond acceptors (Lipinski definition) is 1. The predicted molar refractivity (Wildman–Crippen MR) is 129 cm³/mol. The number of aryl methyl sites for hydroxylation is 2. The van der Waals surface area contributed by atoms with E-state index < -0.39 is 0 Å². The van der Waals surface area contributed by atoms with Crippen molar-refractivity contribution < 1.29 is 9.13 Å². The van der Waals surface area contributed by atoms with Gasteiger partial charge in [0.2, 0.25) is 0 Å². The van der Waals surface area contributed by atoms with Gasteiger partial charge in [0, 0.05) is 5.39 Å². The average Bonchev–Trinajstić information content (AvgIpc) is 2.81. The summed E-state index contributed by atoms with van der Waals surface area (Å²) in [7, 11) is 0. The van der Waals surface area contributed by atoms with E-state index in [1.165, 1.54) is 55.2 Å². The summed E-state index contributed by atoms with van der Waals surface area (Å²) in [4.78, 5) is 0. The number of hydrogen-bond donors (Lipinski definition) is 0. The Morgan fingerprint density at radius 2 is 1.55 bits per heavy atom. The van der Waals surface area contributed by atoms with Crippen molar-refractivity contribution in [2.45, 2.75) is 71.1 Å². The molecular formula is C29H35FO. The number of benzene rings is 3. The van der Waals surface area contributed by atoms with Gasteiger partial charge in [-0.25, -0.2) is 4.39 Å². The molecule has 1 fully saturated rings. The highest BCUT2D eigenvalue weighted by atomic mass is 19.1. The van der Waals surface area contributed by atoms with Crippen molar-refractivity contribution in [2.75, 3.05) is 6.61 Å². The third-order valence-corrected chi connectivity index (χ3v) is 6.98. The van der Waals surface area contributed by atoms with E-state index in [2.05, 4.69) is 37.3 Å². The van der Waals surface area contributed by atoms with Crippen LogP contribution in [0.4, 0.5) is 4.39 Å².